The Morgan fingerprint density at radius 2 is 1.93 bits per heavy atom. The Labute approximate surface area is 160 Å². The van der Waals surface area contributed by atoms with E-state index in [4.69, 9.17) is 4.74 Å². The predicted molar refractivity (Wildman–Crippen MR) is 107 cm³/mol. The zero-order valence-corrected chi connectivity index (χ0v) is 17.1. The molecule has 0 atom stereocenters. The third-order valence-corrected chi connectivity index (χ3v) is 6.03. The highest BCUT2D eigenvalue weighted by atomic mass is 32.2. The van der Waals surface area contributed by atoms with E-state index in [9.17, 15) is 13.5 Å². The fraction of sp³-hybridized carbons (Fsp3) is 0.333. The summed E-state index contributed by atoms with van der Waals surface area (Å²) < 4.78 is 30.2. The molecular formula is C21H25NO4S. The summed E-state index contributed by atoms with van der Waals surface area (Å²) in [5, 5.41) is 10.7. The SMILES string of the molecule is C=C(C)N(C)Cc1cc(O)c2c(c1)OC(C)(C)c1ccc(S(C)(=O)=O)cc1-2. The molecule has 27 heavy (non-hydrogen) atoms. The summed E-state index contributed by atoms with van der Waals surface area (Å²) >= 11 is 0. The van der Waals surface area contributed by atoms with Gasteiger partial charge in [0.25, 0.3) is 0 Å². The molecule has 0 aromatic heterocycles. The van der Waals surface area contributed by atoms with Crippen LogP contribution in [0.5, 0.6) is 11.5 Å². The maximum Gasteiger partial charge on any atom is 0.175 e. The van der Waals surface area contributed by atoms with Gasteiger partial charge in [0.2, 0.25) is 0 Å². The van der Waals surface area contributed by atoms with Crippen LogP contribution in [0.25, 0.3) is 11.1 Å². The summed E-state index contributed by atoms with van der Waals surface area (Å²) in [5.41, 5.74) is 3.19. The average molecular weight is 388 g/mol. The summed E-state index contributed by atoms with van der Waals surface area (Å²) in [6, 6.07) is 8.55. The normalized spacial score (nSPS) is 14.7. The topological polar surface area (TPSA) is 66.8 Å². The highest BCUT2D eigenvalue weighted by Crippen LogP contribution is 2.50. The van der Waals surface area contributed by atoms with Gasteiger partial charge >= 0.3 is 0 Å². The number of aromatic hydroxyl groups is 1. The molecule has 144 valence electrons. The Kier molecular flexibility index (Phi) is 4.50. The number of sulfone groups is 1. The van der Waals surface area contributed by atoms with E-state index >= 15 is 0 Å². The third kappa shape index (κ3) is 3.54. The van der Waals surface area contributed by atoms with Gasteiger partial charge in [-0.15, -0.1) is 0 Å². The first kappa shape index (κ1) is 19.3. The number of fused-ring (bicyclic) bond motifs is 3. The summed E-state index contributed by atoms with van der Waals surface area (Å²) in [4.78, 5) is 2.19. The Balaban J connectivity index is 2.20. The van der Waals surface area contributed by atoms with Crippen molar-refractivity contribution in [2.45, 2.75) is 37.8 Å². The number of hydrogen-bond donors (Lipinski definition) is 1. The molecule has 2 aromatic rings. The molecule has 5 nitrogen and oxygen atoms in total. The Morgan fingerprint density at radius 1 is 1.26 bits per heavy atom. The molecule has 6 heteroatoms. The fourth-order valence-electron chi connectivity index (χ4n) is 3.32. The van der Waals surface area contributed by atoms with Gasteiger partial charge in [0, 0.05) is 31.1 Å². The molecule has 0 spiro atoms. The lowest BCUT2D eigenvalue weighted by Gasteiger charge is -2.36. The molecule has 1 heterocycles. The maximum absolute atomic E-state index is 12.0. The second-order valence-corrected chi connectivity index (χ2v) is 9.69. The Morgan fingerprint density at radius 3 is 2.52 bits per heavy atom. The Hall–Kier alpha value is -2.47. The second kappa shape index (κ2) is 6.30. The van der Waals surface area contributed by atoms with Gasteiger partial charge in [-0.2, -0.15) is 0 Å². The number of allylic oxidation sites excluding steroid dienone is 1. The highest BCUT2D eigenvalue weighted by Gasteiger charge is 2.35. The van der Waals surface area contributed by atoms with E-state index in [1.807, 2.05) is 38.8 Å². The zero-order valence-electron chi connectivity index (χ0n) is 16.3. The summed E-state index contributed by atoms with van der Waals surface area (Å²) in [6.45, 7) is 10.3. The number of hydrogen-bond acceptors (Lipinski definition) is 5. The maximum atomic E-state index is 12.0. The van der Waals surface area contributed by atoms with Crippen LogP contribution in [-0.2, 0) is 22.0 Å². The van der Waals surface area contributed by atoms with Crippen LogP contribution in [0.15, 0.2) is 47.5 Å². The highest BCUT2D eigenvalue weighted by molar-refractivity contribution is 7.90. The first-order chi connectivity index (χ1) is 12.4. The molecule has 1 aliphatic rings. The van der Waals surface area contributed by atoms with Crippen LogP contribution in [0, 0.1) is 0 Å². The van der Waals surface area contributed by atoms with Crippen LogP contribution in [0.4, 0.5) is 0 Å². The molecule has 0 saturated heterocycles. The Bertz CT molecular complexity index is 1040. The van der Waals surface area contributed by atoms with Crippen molar-refractivity contribution in [3.05, 3.63) is 53.7 Å². The van der Waals surface area contributed by atoms with Gasteiger partial charge in [0.15, 0.2) is 9.84 Å². The van der Waals surface area contributed by atoms with Crippen LogP contribution < -0.4 is 4.74 Å². The molecule has 0 fully saturated rings. The summed E-state index contributed by atoms with van der Waals surface area (Å²) in [5.74, 6) is 0.614. The minimum atomic E-state index is -3.36. The van der Waals surface area contributed by atoms with Crippen LogP contribution in [0.3, 0.4) is 0 Å². The lowest BCUT2D eigenvalue weighted by molar-refractivity contribution is 0.105. The van der Waals surface area contributed by atoms with Crippen molar-refractivity contribution < 1.29 is 18.3 Å². The average Bonchev–Trinajstić information content (AvgIpc) is 2.52. The molecule has 1 N–H and O–H groups in total. The minimum absolute atomic E-state index is 0.0695. The van der Waals surface area contributed by atoms with E-state index in [1.54, 1.807) is 24.3 Å². The lowest BCUT2D eigenvalue weighted by Crippen LogP contribution is -2.29. The van der Waals surface area contributed by atoms with Crippen LogP contribution >= 0.6 is 0 Å². The summed E-state index contributed by atoms with van der Waals surface area (Å²) in [7, 11) is -1.43. The van der Waals surface area contributed by atoms with E-state index in [0.717, 1.165) is 16.8 Å². The van der Waals surface area contributed by atoms with Crippen molar-refractivity contribution >= 4 is 9.84 Å². The summed E-state index contributed by atoms with van der Waals surface area (Å²) in [6.07, 6.45) is 1.18. The van der Waals surface area contributed by atoms with Crippen molar-refractivity contribution in [1.82, 2.24) is 4.90 Å². The number of benzene rings is 2. The number of phenols is 1. The van der Waals surface area contributed by atoms with Gasteiger partial charge in [0.05, 0.1) is 10.5 Å². The van der Waals surface area contributed by atoms with Gasteiger partial charge < -0.3 is 14.7 Å². The van der Waals surface area contributed by atoms with Gasteiger partial charge in [0.1, 0.15) is 17.1 Å². The molecule has 3 rings (SSSR count). The smallest absolute Gasteiger partial charge is 0.175 e. The molecule has 1 aliphatic heterocycles. The standard InChI is InChI=1S/C21H25NO4S/c1-13(2)22(5)12-14-9-18(23)20-16-11-15(27(6,24)25)7-8-17(16)21(3,4)26-19(20)10-14/h7-11,23H,1,12H2,2-6H3. The van der Waals surface area contributed by atoms with Crippen molar-refractivity contribution in [2.75, 3.05) is 13.3 Å². The van der Waals surface area contributed by atoms with Gasteiger partial charge in [-0.3, -0.25) is 0 Å². The fourth-order valence-corrected chi connectivity index (χ4v) is 3.97. The number of rotatable bonds is 4. The number of ether oxygens (including phenoxy) is 1. The first-order valence-electron chi connectivity index (χ1n) is 8.66. The van der Waals surface area contributed by atoms with Crippen molar-refractivity contribution in [2.24, 2.45) is 0 Å². The third-order valence-electron chi connectivity index (χ3n) is 4.91. The van der Waals surface area contributed by atoms with Crippen molar-refractivity contribution in [3.8, 4) is 22.6 Å². The minimum Gasteiger partial charge on any atom is -0.507 e. The van der Waals surface area contributed by atoms with Crippen LogP contribution in [0.1, 0.15) is 31.9 Å². The molecular weight excluding hydrogens is 362 g/mol. The molecule has 0 aliphatic carbocycles. The predicted octanol–water partition coefficient (Wildman–Crippen LogP) is 4.06. The zero-order chi connectivity index (χ0) is 20.1. The van der Waals surface area contributed by atoms with E-state index in [1.165, 1.54) is 6.26 Å². The quantitative estimate of drug-likeness (QED) is 0.857. The molecule has 2 aromatic carbocycles. The largest absolute Gasteiger partial charge is 0.507 e. The number of phenolic OH excluding ortho intramolecular Hbond substituents is 1. The monoisotopic (exact) mass is 387 g/mol. The molecule has 0 saturated carbocycles. The van der Waals surface area contributed by atoms with E-state index in [0.29, 0.717) is 23.4 Å². The molecule has 0 bridgehead atoms. The first-order valence-corrected chi connectivity index (χ1v) is 10.6. The molecule has 0 radical (unpaired) electrons. The molecule has 0 amide bonds. The van der Waals surface area contributed by atoms with E-state index in [-0.39, 0.29) is 10.6 Å². The van der Waals surface area contributed by atoms with Gasteiger partial charge in [-0.25, -0.2) is 8.42 Å². The number of nitrogens with zero attached hydrogens (tertiary/aromatic N) is 1. The van der Waals surface area contributed by atoms with E-state index < -0.39 is 15.4 Å². The van der Waals surface area contributed by atoms with Crippen LogP contribution in [-0.4, -0.2) is 31.7 Å². The van der Waals surface area contributed by atoms with Crippen LogP contribution in [0.2, 0.25) is 0 Å². The van der Waals surface area contributed by atoms with Gasteiger partial charge in [-0.1, -0.05) is 12.6 Å². The second-order valence-electron chi connectivity index (χ2n) is 7.67. The van der Waals surface area contributed by atoms with Crippen molar-refractivity contribution in [1.29, 1.82) is 0 Å². The molecule has 0 unspecified atom stereocenters. The van der Waals surface area contributed by atoms with Crippen molar-refractivity contribution in [3.63, 3.8) is 0 Å². The van der Waals surface area contributed by atoms with E-state index in [2.05, 4.69) is 6.58 Å². The lowest BCUT2D eigenvalue weighted by atomic mass is 9.85. The van der Waals surface area contributed by atoms with Gasteiger partial charge in [-0.05, 0) is 56.2 Å².